The van der Waals surface area contributed by atoms with Gasteiger partial charge in [0.1, 0.15) is 0 Å². The number of aromatic nitrogens is 1. The van der Waals surface area contributed by atoms with Gasteiger partial charge in [-0.1, -0.05) is 15.9 Å². The highest BCUT2D eigenvalue weighted by atomic mass is 79.9. The average molecular weight is 288 g/mol. The van der Waals surface area contributed by atoms with E-state index in [-0.39, 0.29) is 5.75 Å². The summed E-state index contributed by atoms with van der Waals surface area (Å²) in [5.74, 6) is 0.0549. The van der Waals surface area contributed by atoms with Crippen LogP contribution in [0.3, 0.4) is 0 Å². The Morgan fingerprint density at radius 2 is 2.07 bits per heavy atom. The minimum absolute atomic E-state index is 0.0549. The molecule has 0 bridgehead atoms. The maximum Gasteiger partial charge on any atom is 0.153 e. The van der Waals surface area contributed by atoms with Gasteiger partial charge in [0.15, 0.2) is 9.84 Å². The summed E-state index contributed by atoms with van der Waals surface area (Å²) < 4.78 is 23.2. The molecule has 1 aromatic heterocycles. The molecule has 2 aromatic rings. The van der Waals surface area contributed by atoms with Crippen LogP contribution in [0.25, 0.3) is 10.9 Å². The van der Waals surface area contributed by atoms with Crippen LogP contribution in [0.15, 0.2) is 28.7 Å². The number of nitrogens with one attached hydrogen (secondary N) is 1. The second-order valence-electron chi connectivity index (χ2n) is 3.60. The first kappa shape index (κ1) is 10.7. The van der Waals surface area contributed by atoms with Gasteiger partial charge in [-0.2, -0.15) is 0 Å². The van der Waals surface area contributed by atoms with Crippen molar-refractivity contribution in [2.45, 2.75) is 5.75 Å². The maximum atomic E-state index is 11.1. The second-order valence-corrected chi connectivity index (χ2v) is 6.65. The van der Waals surface area contributed by atoms with Gasteiger partial charge >= 0.3 is 0 Å². The van der Waals surface area contributed by atoms with Crippen molar-refractivity contribution in [3.05, 3.63) is 34.4 Å². The Morgan fingerprint density at radius 1 is 1.33 bits per heavy atom. The highest BCUT2D eigenvalue weighted by Gasteiger charge is 2.07. The molecule has 0 atom stereocenters. The number of aromatic amines is 1. The molecule has 0 spiro atoms. The molecule has 0 aliphatic carbocycles. The standard InChI is InChI=1S/C10H10BrNO2S/c1-15(13,14)6-9-5-7-4-8(11)2-3-10(7)12-9/h2-5,12H,6H2,1H3. The molecule has 0 aliphatic heterocycles. The van der Waals surface area contributed by atoms with E-state index in [2.05, 4.69) is 20.9 Å². The van der Waals surface area contributed by atoms with Crippen LogP contribution in [0, 0.1) is 0 Å². The topological polar surface area (TPSA) is 49.9 Å². The lowest BCUT2D eigenvalue weighted by Gasteiger charge is -1.92. The Labute approximate surface area is 96.5 Å². The Hall–Kier alpha value is -0.810. The van der Waals surface area contributed by atoms with Gasteiger partial charge in [-0.3, -0.25) is 0 Å². The zero-order valence-corrected chi connectivity index (χ0v) is 10.5. The molecule has 80 valence electrons. The summed E-state index contributed by atoms with van der Waals surface area (Å²) >= 11 is 3.37. The number of rotatable bonds is 2. The zero-order chi connectivity index (χ0) is 11.1. The van der Waals surface area contributed by atoms with Crippen LogP contribution in [0.2, 0.25) is 0 Å². The Kier molecular flexibility index (Phi) is 2.60. The van der Waals surface area contributed by atoms with Crippen molar-refractivity contribution in [1.29, 1.82) is 0 Å². The molecule has 0 amide bonds. The number of halogens is 1. The molecular formula is C10H10BrNO2S. The molecule has 0 unspecified atom stereocenters. The first-order valence-corrected chi connectivity index (χ1v) is 7.24. The monoisotopic (exact) mass is 287 g/mol. The molecule has 1 heterocycles. The van der Waals surface area contributed by atoms with E-state index in [9.17, 15) is 8.42 Å². The van der Waals surface area contributed by atoms with Gasteiger partial charge in [-0.05, 0) is 24.3 Å². The smallest absolute Gasteiger partial charge is 0.153 e. The van der Waals surface area contributed by atoms with Crippen LogP contribution in [-0.4, -0.2) is 19.7 Å². The minimum atomic E-state index is -2.98. The molecule has 0 saturated heterocycles. The quantitative estimate of drug-likeness (QED) is 0.923. The first-order chi connectivity index (χ1) is 6.94. The number of hydrogen-bond donors (Lipinski definition) is 1. The summed E-state index contributed by atoms with van der Waals surface area (Å²) in [6, 6.07) is 7.66. The molecule has 1 N–H and O–H groups in total. The van der Waals surface area contributed by atoms with Gasteiger partial charge in [0.25, 0.3) is 0 Å². The summed E-state index contributed by atoms with van der Waals surface area (Å²) in [5.41, 5.74) is 1.68. The van der Waals surface area contributed by atoms with Gasteiger partial charge in [-0.25, -0.2) is 8.42 Å². The van der Waals surface area contributed by atoms with Crippen molar-refractivity contribution in [3.8, 4) is 0 Å². The maximum absolute atomic E-state index is 11.1. The molecule has 1 aromatic carbocycles. The van der Waals surface area contributed by atoms with Crippen molar-refractivity contribution >= 4 is 36.7 Å². The van der Waals surface area contributed by atoms with E-state index in [0.29, 0.717) is 0 Å². The van der Waals surface area contributed by atoms with Crippen molar-refractivity contribution < 1.29 is 8.42 Å². The number of hydrogen-bond acceptors (Lipinski definition) is 2. The first-order valence-electron chi connectivity index (χ1n) is 4.39. The van der Waals surface area contributed by atoms with Crippen LogP contribution in [0.4, 0.5) is 0 Å². The van der Waals surface area contributed by atoms with E-state index >= 15 is 0 Å². The van der Waals surface area contributed by atoms with Gasteiger partial charge in [0.05, 0.1) is 5.75 Å². The third-order valence-corrected chi connectivity index (χ3v) is 3.38. The Bertz CT molecular complexity index is 601. The van der Waals surface area contributed by atoms with Crippen molar-refractivity contribution in [2.75, 3.05) is 6.26 Å². The molecule has 0 fully saturated rings. The number of benzene rings is 1. The highest BCUT2D eigenvalue weighted by molar-refractivity contribution is 9.10. The number of fused-ring (bicyclic) bond motifs is 1. The molecule has 0 radical (unpaired) electrons. The van der Waals surface area contributed by atoms with Gasteiger partial charge in [0.2, 0.25) is 0 Å². The van der Waals surface area contributed by atoms with Gasteiger partial charge < -0.3 is 4.98 Å². The van der Waals surface area contributed by atoms with Crippen LogP contribution in [0.1, 0.15) is 5.69 Å². The van der Waals surface area contributed by atoms with E-state index in [4.69, 9.17) is 0 Å². The zero-order valence-electron chi connectivity index (χ0n) is 8.12. The van der Waals surface area contributed by atoms with Gasteiger partial charge in [-0.15, -0.1) is 0 Å². The third kappa shape index (κ3) is 2.60. The minimum Gasteiger partial charge on any atom is -0.358 e. The Balaban J connectivity index is 2.48. The van der Waals surface area contributed by atoms with E-state index in [0.717, 1.165) is 21.1 Å². The summed E-state index contributed by atoms with van der Waals surface area (Å²) in [7, 11) is -2.98. The van der Waals surface area contributed by atoms with Crippen LogP contribution < -0.4 is 0 Å². The Morgan fingerprint density at radius 3 is 2.73 bits per heavy atom. The van der Waals surface area contributed by atoms with E-state index in [1.807, 2.05) is 24.3 Å². The van der Waals surface area contributed by atoms with Gasteiger partial charge in [0, 0.05) is 27.3 Å². The SMILES string of the molecule is CS(=O)(=O)Cc1cc2cc(Br)ccc2[nH]1. The van der Waals surface area contributed by atoms with Crippen LogP contribution >= 0.6 is 15.9 Å². The molecule has 15 heavy (non-hydrogen) atoms. The predicted octanol–water partition coefficient (Wildman–Crippen LogP) is 2.48. The average Bonchev–Trinajstić information content (AvgIpc) is 2.42. The van der Waals surface area contributed by atoms with Crippen molar-refractivity contribution in [2.24, 2.45) is 0 Å². The summed E-state index contributed by atoms with van der Waals surface area (Å²) in [5, 5.41) is 1.02. The van der Waals surface area contributed by atoms with E-state index < -0.39 is 9.84 Å². The van der Waals surface area contributed by atoms with Crippen LogP contribution in [0.5, 0.6) is 0 Å². The summed E-state index contributed by atoms with van der Waals surface area (Å²) in [4.78, 5) is 3.08. The number of sulfone groups is 1. The fraction of sp³-hybridized carbons (Fsp3) is 0.200. The lowest BCUT2D eigenvalue weighted by Crippen LogP contribution is -2.00. The lowest BCUT2D eigenvalue weighted by molar-refractivity contribution is 0.600. The summed E-state index contributed by atoms with van der Waals surface area (Å²) in [6.07, 6.45) is 1.23. The predicted molar refractivity (Wildman–Crippen MR) is 64.5 cm³/mol. The molecule has 2 rings (SSSR count). The lowest BCUT2D eigenvalue weighted by atomic mass is 10.2. The molecule has 0 saturated carbocycles. The normalized spacial score (nSPS) is 12.1. The molecular weight excluding hydrogens is 278 g/mol. The molecule has 5 heteroatoms. The highest BCUT2D eigenvalue weighted by Crippen LogP contribution is 2.21. The van der Waals surface area contributed by atoms with Crippen molar-refractivity contribution in [3.63, 3.8) is 0 Å². The van der Waals surface area contributed by atoms with Crippen molar-refractivity contribution in [1.82, 2.24) is 4.98 Å². The number of H-pyrrole nitrogens is 1. The fourth-order valence-corrected chi connectivity index (χ4v) is 2.62. The second kappa shape index (κ2) is 3.64. The van der Waals surface area contributed by atoms with E-state index in [1.54, 1.807) is 0 Å². The summed E-state index contributed by atoms with van der Waals surface area (Å²) in [6.45, 7) is 0. The largest absolute Gasteiger partial charge is 0.358 e. The third-order valence-electron chi connectivity index (χ3n) is 2.06. The molecule has 0 aliphatic rings. The van der Waals surface area contributed by atoms with E-state index in [1.165, 1.54) is 6.26 Å². The fourth-order valence-electron chi connectivity index (χ4n) is 1.52. The molecule has 3 nitrogen and oxygen atoms in total. The van der Waals surface area contributed by atoms with Crippen LogP contribution in [-0.2, 0) is 15.6 Å².